The van der Waals surface area contributed by atoms with Gasteiger partial charge in [0.1, 0.15) is 0 Å². The highest BCUT2D eigenvalue weighted by molar-refractivity contribution is 7.16. The van der Waals surface area contributed by atoms with E-state index in [-0.39, 0.29) is 5.91 Å². The molecule has 0 aliphatic carbocycles. The number of benzene rings is 2. The Labute approximate surface area is 157 Å². The second kappa shape index (κ2) is 9.14. The average Bonchev–Trinajstić information content (AvgIpc) is 3.09. The molecular weight excluding hydrogens is 344 g/mol. The van der Waals surface area contributed by atoms with E-state index in [1.54, 1.807) is 16.8 Å². The topological polar surface area (TPSA) is 51.2 Å². The maximum atomic E-state index is 12.3. The summed E-state index contributed by atoms with van der Waals surface area (Å²) in [6.45, 7) is 1.18. The molecule has 3 aromatic rings. The van der Waals surface area contributed by atoms with Gasteiger partial charge in [0.25, 0.3) is 0 Å². The first-order valence-corrected chi connectivity index (χ1v) is 9.35. The molecule has 3 rings (SSSR count). The maximum absolute atomic E-state index is 12.3. The van der Waals surface area contributed by atoms with Gasteiger partial charge in [0.15, 0.2) is 0 Å². The van der Waals surface area contributed by atoms with Crippen molar-refractivity contribution >= 4 is 33.1 Å². The Morgan fingerprint density at radius 3 is 3.00 bits per heavy atom. The van der Waals surface area contributed by atoms with Crippen LogP contribution in [0, 0.1) is 12.3 Å². The smallest absolute Gasteiger partial charge is 0.228 e. The van der Waals surface area contributed by atoms with Crippen molar-refractivity contribution in [1.29, 1.82) is 0 Å². The van der Waals surface area contributed by atoms with Crippen molar-refractivity contribution in [1.82, 2.24) is 4.98 Å². The van der Waals surface area contributed by atoms with Gasteiger partial charge in [-0.1, -0.05) is 24.3 Å². The zero-order valence-electron chi connectivity index (χ0n) is 14.4. The monoisotopic (exact) mass is 364 g/mol. The third-order valence-electron chi connectivity index (χ3n) is 3.85. The first-order valence-electron chi connectivity index (χ1n) is 8.47. The van der Waals surface area contributed by atoms with Crippen LogP contribution in [0.5, 0.6) is 0 Å². The third kappa shape index (κ3) is 5.16. The lowest BCUT2D eigenvalue weighted by molar-refractivity contribution is -0.115. The highest BCUT2D eigenvalue weighted by Gasteiger charge is 2.06. The summed E-state index contributed by atoms with van der Waals surface area (Å²) in [5.41, 5.74) is 5.56. The molecule has 0 radical (unpaired) electrons. The quantitative estimate of drug-likeness (QED) is 0.476. The summed E-state index contributed by atoms with van der Waals surface area (Å²) in [7, 11) is 0. The van der Waals surface area contributed by atoms with E-state index in [1.807, 2.05) is 42.5 Å². The van der Waals surface area contributed by atoms with E-state index in [0.717, 1.165) is 39.9 Å². The molecule has 0 spiro atoms. The molecule has 1 N–H and O–H groups in total. The summed E-state index contributed by atoms with van der Waals surface area (Å²) in [5.74, 6) is 2.56. The number of hydrogen-bond acceptors (Lipinski definition) is 4. The van der Waals surface area contributed by atoms with E-state index >= 15 is 0 Å². The molecule has 0 fully saturated rings. The Morgan fingerprint density at radius 2 is 2.12 bits per heavy atom. The van der Waals surface area contributed by atoms with Gasteiger partial charge in [-0.3, -0.25) is 4.79 Å². The third-order valence-corrected chi connectivity index (χ3v) is 4.64. The molecule has 1 aromatic heterocycles. The van der Waals surface area contributed by atoms with E-state index < -0.39 is 0 Å². The fourth-order valence-electron chi connectivity index (χ4n) is 2.62. The van der Waals surface area contributed by atoms with Crippen LogP contribution >= 0.6 is 11.3 Å². The van der Waals surface area contributed by atoms with Crippen LogP contribution in [0.2, 0.25) is 0 Å². The van der Waals surface area contributed by atoms with Gasteiger partial charge in [-0.15, -0.1) is 23.7 Å². The van der Waals surface area contributed by atoms with Crippen molar-refractivity contribution < 1.29 is 9.53 Å². The van der Waals surface area contributed by atoms with Crippen LogP contribution in [0.25, 0.3) is 10.2 Å². The Kier molecular flexibility index (Phi) is 6.37. The van der Waals surface area contributed by atoms with Gasteiger partial charge in [-0.2, -0.15) is 0 Å². The SMILES string of the molecule is C#CCCCOCc1cccc(CC(=O)Nc2ccc3ncsc3c2)c1. The Morgan fingerprint density at radius 1 is 1.23 bits per heavy atom. The summed E-state index contributed by atoms with van der Waals surface area (Å²) in [4.78, 5) is 16.6. The van der Waals surface area contributed by atoms with E-state index in [2.05, 4.69) is 16.2 Å². The normalized spacial score (nSPS) is 10.6. The van der Waals surface area contributed by atoms with Crippen molar-refractivity contribution in [2.45, 2.75) is 25.9 Å². The minimum Gasteiger partial charge on any atom is -0.377 e. The fourth-order valence-corrected chi connectivity index (χ4v) is 3.34. The van der Waals surface area contributed by atoms with Crippen LogP contribution in [0.1, 0.15) is 24.0 Å². The molecule has 5 heteroatoms. The molecule has 0 bridgehead atoms. The number of rotatable bonds is 8. The summed E-state index contributed by atoms with van der Waals surface area (Å²) in [6, 6.07) is 13.7. The highest BCUT2D eigenvalue weighted by atomic mass is 32.1. The zero-order chi connectivity index (χ0) is 18.2. The molecule has 132 valence electrons. The number of nitrogens with zero attached hydrogens (tertiary/aromatic N) is 1. The lowest BCUT2D eigenvalue weighted by atomic mass is 10.1. The van der Waals surface area contributed by atoms with Crippen molar-refractivity contribution in [2.24, 2.45) is 0 Å². The molecule has 4 nitrogen and oxygen atoms in total. The van der Waals surface area contributed by atoms with Crippen LogP contribution < -0.4 is 5.32 Å². The fraction of sp³-hybridized carbons (Fsp3) is 0.238. The highest BCUT2D eigenvalue weighted by Crippen LogP contribution is 2.22. The van der Waals surface area contributed by atoms with Gasteiger partial charge in [-0.25, -0.2) is 4.98 Å². The first kappa shape index (κ1) is 18.1. The summed E-state index contributed by atoms with van der Waals surface area (Å²) < 4.78 is 6.67. The van der Waals surface area contributed by atoms with Gasteiger partial charge in [0, 0.05) is 18.7 Å². The largest absolute Gasteiger partial charge is 0.377 e. The van der Waals surface area contributed by atoms with Gasteiger partial charge >= 0.3 is 0 Å². The second-order valence-corrected chi connectivity index (χ2v) is 6.83. The van der Waals surface area contributed by atoms with Crippen molar-refractivity contribution in [3.63, 3.8) is 0 Å². The number of carbonyl (C=O) groups excluding carboxylic acids is 1. The Hall–Kier alpha value is -2.68. The van der Waals surface area contributed by atoms with Crippen LogP contribution in [-0.2, 0) is 22.6 Å². The number of anilines is 1. The number of aromatic nitrogens is 1. The molecule has 1 heterocycles. The number of amides is 1. The molecule has 0 unspecified atom stereocenters. The number of hydrogen-bond donors (Lipinski definition) is 1. The van der Waals surface area contributed by atoms with E-state index in [9.17, 15) is 4.79 Å². The predicted molar refractivity (Wildman–Crippen MR) is 106 cm³/mol. The first-order chi connectivity index (χ1) is 12.7. The number of fused-ring (bicyclic) bond motifs is 1. The molecule has 26 heavy (non-hydrogen) atoms. The molecule has 0 saturated heterocycles. The lowest BCUT2D eigenvalue weighted by Gasteiger charge is -2.08. The van der Waals surface area contributed by atoms with Crippen LogP contribution in [0.4, 0.5) is 5.69 Å². The summed E-state index contributed by atoms with van der Waals surface area (Å²) in [5, 5.41) is 2.95. The van der Waals surface area contributed by atoms with E-state index in [0.29, 0.717) is 19.6 Å². The van der Waals surface area contributed by atoms with Crippen LogP contribution in [-0.4, -0.2) is 17.5 Å². The van der Waals surface area contributed by atoms with Crippen molar-refractivity contribution in [3.05, 3.63) is 59.1 Å². The summed E-state index contributed by atoms with van der Waals surface area (Å²) >= 11 is 1.56. The molecular formula is C21H20N2O2S. The number of nitrogens with one attached hydrogen (secondary N) is 1. The molecule has 0 atom stereocenters. The minimum absolute atomic E-state index is 0.0408. The van der Waals surface area contributed by atoms with Gasteiger partial charge in [0.05, 0.1) is 28.8 Å². The standard InChI is InChI=1S/C21H20N2O2S/c1-2-3-4-10-25-14-17-7-5-6-16(11-17)12-21(24)23-18-8-9-19-20(13-18)26-15-22-19/h1,5-9,11,13,15H,3-4,10,12,14H2,(H,23,24). The Balaban J connectivity index is 1.53. The molecule has 0 saturated carbocycles. The van der Waals surface area contributed by atoms with Crippen LogP contribution in [0.3, 0.4) is 0 Å². The molecule has 0 aliphatic heterocycles. The number of ether oxygens (including phenoxy) is 1. The molecule has 1 amide bonds. The number of carbonyl (C=O) groups is 1. The Bertz CT molecular complexity index is 927. The van der Waals surface area contributed by atoms with Crippen molar-refractivity contribution in [2.75, 3.05) is 11.9 Å². The van der Waals surface area contributed by atoms with Gasteiger partial charge in [-0.05, 0) is 35.7 Å². The van der Waals surface area contributed by atoms with Gasteiger partial charge in [0.2, 0.25) is 5.91 Å². The van der Waals surface area contributed by atoms with Crippen LogP contribution in [0.15, 0.2) is 48.0 Å². The molecule has 0 aliphatic rings. The number of thiazole rings is 1. The lowest BCUT2D eigenvalue weighted by Crippen LogP contribution is -2.14. The van der Waals surface area contributed by atoms with E-state index in [4.69, 9.17) is 11.2 Å². The predicted octanol–water partition coefficient (Wildman–Crippen LogP) is 4.41. The molecule has 2 aromatic carbocycles. The summed E-state index contributed by atoms with van der Waals surface area (Å²) in [6.07, 6.45) is 7.14. The number of terminal acetylenes is 1. The zero-order valence-corrected chi connectivity index (χ0v) is 15.2. The van der Waals surface area contributed by atoms with Crippen molar-refractivity contribution in [3.8, 4) is 12.3 Å². The maximum Gasteiger partial charge on any atom is 0.228 e. The van der Waals surface area contributed by atoms with Gasteiger partial charge < -0.3 is 10.1 Å². The second-order valence-electron chi connectivity index (χ2n) is 5.94. The van der Waals surface area contributed by atoms with E-state index in [1.165, 1.54) is 0 Å². The minimum atomic E-state index is -0.0408. The average molecular weight is 364 g/mol. The number of unbranched alkanes of at least 4 members (excludes halogenated alkanes) is 1.